The average Bonchev–Trinajstić information content (AvgIpc) is 3.91. The molecule has 2 aliphatic carbocycles. The van der Waals surface area contributed by atoms with Crippen molar-refractivity contribution < 1.29 is 0 Å². The molecule has 0 radical (unpaired) electrons. The molecule has 1 atom stereocenters. The second kappa shape index (κ2) is 13.5. The Morgan fingerprint density at radius 3 is 1.80 bits per heavy atom. The Morgan fingerprint density at radius 1 is 0.377 bits per heavy atom. The van der Waals surface area contributed by atoms with Gasteiger partial charge in [-0.2, -0.15) is 0 Å². The molecule has 0 spiro atoms. The zero-order valence-electron chi connectivity index (χ0n) is 34.5. The Labute approximate surface area is 361 Å². The predicted octanol–water partition coefficient (Wildman–Crippen LogP) is 16.5. The third-order valence-corrected chi connectivity index (χ3v) is 15.0. The van der Waals surface area contributed by atoms with Crippen LogP contribution in [-0.4, -0.2) is 0 Å². The van der Waals surface area contributed by atoms with Crippen molar-refractivity contribution in [3.05, 3.63) is 234 Å². The van der Waals surface area contributed by atoms with Gasteiger partial charge >= 0.3 is 0 Å². The zero-order valence-corrected chi connectivity index (χ0v) is 35.3. The molecular formula is C59H43NS. The van der Waals surface area contributed by atoms with E-state index in [2.05, 4.69) is 232 Å². The van der Waals surface area contributed by atoms with E-state index in [4.69, 9.17) is 0 Å². The van der Waals surface area contributed by atoms with Crippen LogP contribution in [0.5, 0.6) is 0 Å². The second-order valence-electron chi connectivity index (χ2n) is 17.4. The maximum Gasteiger partial charge on any atom is 0.0467 e. The van der Waals surface area contributed by atoms with Crippen molar-refractivity contribution >= 4 is 48.6 Å². The first-order chi connectivity index (χ1) is 29.9. The fraction of sp³-hybridized carbons (Fsp3) is 0.0847. The van der Waals surface area contributed by atoms with Gasteiger partial charge in [0.15, 0.2) is 0 Å². The SMILES string of the molecule is CC1(C)c2ccccc2-c2cccc(-c3cccc(N(c4ccc(-c5cccc6c5sc5ccccc56)cc4)c4ccc5c(c4)C(C)(c4ccccc4)c4ccccc4-5)c3)c21. The van der Waals surface area contributed by atoms with Crippen LogP contribution in [0, 0.1) is 0 Å². The van der Waals surface area contributed by atoms with Gasteiger partial charge in [0.2, 0.25) is 0 Å². The Hall–Kier alpha value is -7.00. The molecule has 0 saturated carbocycles. The van der Waals surface area contributed by atoms with Gasteiger partial charge < -0.3 is 4.90 Å². The second-order valence-corrected chi connectivity index (χ2v) is 18.4. The molecule has 61 heavy (non-hydrogen) atoms. The minimum atomic E-state index is -0.311. The van der Waals surface area contributed by atoms with E-state index in [-0.39, 0.29) is 10.8 Å². The molecule has 1 nitrogen and oxygen atoms in total. The standard InChI is InChI=1S/C59H43NS/c1-58(2)52-27-10-7-21-47(52)50-25-14-23-44(56(50)58)39-16-13-19-42(36-39)60(41-32-30-38(31-33-41)45-24-15-26-51-49-22-9-12-29-55(49)61-57(45)51)43-34-35-48-46-20-8-11-28-53(46)59(3,54(48)37-43)40-17-5-4-6-18-40/h4-37H,1-3H3. The molecule has 0 saturated heterocycles. The summed E-state index contributed by atoms with van der Waals surface area (Å²) in [5, 5.41) is 2.64. The molecule has 1 heterocycles. The maximum absolute atomic E-state index is 2.46. The summed E-state index contributed by atoms with van der Waals surface area (Å²) in [6, 6.07) is 76.9. The Bertz CT molecular complexity index is 3350. The minimum Gasteiger partial charge on any atom is -0.310 e. The molecule has 0 aliphatic heterocycles. The Balaban J connectivity index is 1.04. The average molecular weight is 798 g/mol. The van der Waals surface area contributed by atoms with E-state index in [0.717, 1.165) is 17.1 Å². The fourth-order valence-corrected chi connectivity index (χ4v) is 12.1. The Kier molecular flexibility index (Phi) is 7.95. The van der Waals surface area contributed by atoms with E-state index in [1.54, 1.807) is 0 Å². The third kappa shape index (κ3) is 5.32. The molecule has 2 aliphatic rings. The van der Waals surface area contributed by atoms with Crippen LogP contribution in [0.2, 0.25) is 0 Å². The van der Waals surface area contributed by atoms with Crippen molar-refractivity contribution in [2.75, 3.05) is 4.90 Å². The van der Waals surface area contributed by atoms with E-state index in [1.165, 1.54) is 92.5 Å². The van der Waals surface area contributed by atoms with Gasteiger partial charge in [0.05, 0.1) is 0 Å². The van der Waals surface area contributed by atoms with E-state index in [9.17, 15) is 0 Å². The first-order valence-corrected chi connectivity index (χ1v) is 22.2. The summed E-state index contributed by atoms with van der Waals surface area (Å²) in [4.78, 5) is 2.46. The Morgan fingerprint density at radius 2 is 0.967 bits per heavy atom. The van der Waals surface area contributed by atoms with Crippen LogP contribution in [0.1, 0.15) is 48.6 Å². The van der Waals surface area contributed by atoms with E-state index >= 15 is 0 Å². The number of hydrogen-bond donors (Lipinski definition) is 0. The first kappa shape index (κ1) is 35.9. The summed E-state index contributed by atoms with van der Waals surface area (Å²) in [7, 11) is 0. The smallest absolute Gasteiger partial charge is 0.0467 e. The van der Waals surface area contributed by atoms with E-state index in [1.807, 2.05) is 11.3 Å². The van der Waals surface area contributed by atoms with Crippen LogP contribution in [0.3, 0.4) is 0 Å². The van der Waals surface area contributed by atoms with Crippen molar-refractivity contribution in [1.82, 2.24) is 0 Å². The van der Waals surface area contributed by atoms with Crippen LogP contribution < -0.4 is 4.90 Å². The highest BCUT2D eigenvalue weighted by Crippen LogP contribution is 2.55. The van der Waals surface area contributed by atoms with Crippen molar-refractivity contribution in [3.8, 4) is 44.5 Å². The summed E-state index contributed by atoms with van der Waals surface area (Å²) >= 11 is 1.88. The van der Waals surface area contributed by atoms with Gasteiger partial charge in [-0.25, -0.2) is 0 Å². The monoisotopic (exact) mass is 797 g/mol. The topological polar surface area (TPSA) is 3.24 Å². The normalized spacial score (nSPS) is 15.7. The molecule has 0 bridgehead atoms. The van der Waals surface area contributed by atoms with Gasteiger partial charge in [-0.05, 0) is 122 Å². The summed E-state index contributed by atoms with van der Waals surface area (Å²) in [6.45, 7) is 7.16. The number of rotatable bonds is 6. The summed E-state index contributed by atoms with van der Waals surface area (Å²) in [5.41, 5.74) is 20.0. The van der Waals surface area contributed by atoms with E-state index < -0.39 is 0 Å². The number of fused-ring (bicyclic) bond motifs is 9. The molecule has 1 aromatic heterocycles. The first-order valence-electron chi connectivity index (χ1n) is 21.3. The molecule has 9 aromatic carbocycles. The van der Waals surface area contributed by atoms with Crippen LogP contribution in [0.25, 0.3) is 64.7 Å². The molecule has 0 fully saturated rings. The minimum absolute atomic E-state index is 0.123. The molecule has 0 N–H and O–H groups in total. The van der Waals surface area contributed by atoms with Crippen molar-refractivity contribution in [1.29, 1.82) is 0 Å². The lowest BCUT2D eigenvalue weighted by atomic mass is 9.74. The number of anilines is 3. The highest BCUT2D eigenvalue weighted by Gasteiger charge is 2.41. The zero-order chi connectivity index (χ0) is 40.9. The third-order valence-electron chi connectivity index (χ3n) is 13.7. The summed E-state index contributed by atoms with van der Waals surface area (Å²) < 4.78 is 2.66. The van der Waals surface area contributed by atoms with Crippen LogP contribution >= 0.6 is 11.3 Å². The van der Waals surface area contributed by atoms with Gasteiger partial charge in [-0.15, -0.1) is 11.3 Å². The van der Waals surface area contributed by atoms with Gasteiger partial charge in [-0.3, -0.25) is 0 Å². The lowest BCUT2D eigenvalue weighted by molar-refractivity contribution is 0.662. The van der Waals surface area contributed by atoms with Gasteiger partial charge in [0.1, 0.15) is 0 Å². The maximum atomic E-state index is 2.46. The van der Waals surface area contributed by atoms with E-state index in [0.29, 0.717) is 0 Å². The van der Waals surface area contributed by atoms with Crippen molar-refractivity contribution in [2.24, 2.45) is 0 Å². The van der Waals surface area contributed by atoms with Crippen LogP contribution in [0.4, 0.5) is 17.1 Å². The van der Waals surface area contributed by atoms with Crippen molar-refractivity contribution in [2.45, 2.75) is 31.6 Å². The largest absolute Gasteiger partial charge is 0.310 e. The number of nitrogens with zero attached hydrogens (tertiary/aromatic N) is 1. The molecule has 10 aromatic rings. The summed E-state index contributed by atoms with van der Waals surface area (Å²) in [5.74, 6) is 0. The predicted molar refractivity (Wildman–Crippen MR) is 260 cm³/mol. The summed E-state index contributed by atoms with van der Waals surface area (Å²) in [6.07, 6.45) is 0. The molecule has 1 unspecified atom stereocenters. The van der Waals surface area contributed by atoms with Crippen molar-refractivity contribution in [3.63, 3.8) is 0 Å². The number of hydrogen-bond acceptors (Lipinski definition) is 2. The molecule has 2 heteroatoms. The van der Waals surface area contributed by atoms with Gasteiger partial charge in [-0.1, -0.05) is 178 Å². The molecule has 12 rings (SSSR count). The lowest BCUT2D eigenvalue weighted by Crippen LogP contribution is -2.22. The quantitative estimate of drug-likeness (QED) is 0.162. The lowest BCUT2D eigenvalue weighted by Gasteiger charge is -2.31. The van der Waals surface area contributed by atoms with Crippen LogP contribution in [0.15, 0.2) is 206 Å². The number of thiophene rings is 1. The molecule has 0 amide bonds. The van der Waals surface area contributed by atoms with Gasteiger partial charge in [0, 0.05) is 48.1 Å². The molecular weight excluding hydrogens is 755 g/mol. The number of benzene rings is 9. The fourth-order valence-electron chi connectivity index (χ4n) is 10.8. The highest BCUT2D eigenvalue weighted by molar-refractivity contribution is 7.26. The van der Waals surface area contributed by atoms with Gasteiger partial charge in [0.25, 0.3) is 0 Å². The van der Waals surface area contributed by atoms with Crippen LogP contribution in [-0.2, 0) is 10.8 Å². The highest BCUT2D eigenvalue weighted by atomic mass is 32.1. The molecule has 290 valence electrons.